The van der Waals surface area contributed by atoms with Crippen LogP contribution in [0.4, 0.5) is 0 Å². The van der Waals surface area contributed by atoms with Crippen molar-refractivity contribution in [3.63, 3.8) is 0 Å². The molecule has 0 saturated carbocycles. The van der Waals surface area contributed by atoms with Crippen molar-refractivity contribution in [1.29, 1.82) is 0 Å². The SMILES string of the molecule is Cc1ccc(-n2c(SCc3ccccc3Cl)nc3ccccc3c2=O)cc1. The number of thioether (sulfide) groups is 1. The summed E-state index contributed by atoms with van der Waals surface area (Å²) in [5, 5.41) is 1.98. The topological polar surface area (TPSA) is 34.9 Å². The van der Waals surface area contributed by atoms with Crippen molar-refractivity contribution in [2.75, 3.05) is 0 Å². The lowest BCUT2D eigenvalue weighted by Gasteiger charge is -2.14. The molecule has 0 amide bonds. The largest absolute Gasteiger partial charge is 0.268 e. The molecule has 0 aliphatic carbocycles. The van der Waals surface area contributed by atoms with E-state index in [1.807, 2.05) is 79.7 Å². The highest BCUT2D eigenvalue weighted by molar-refractivity contribution is 7.98. The number of fused-ring (bicyclic) bond motifs is 1. The number of benzene rings is 3. The highest BCUT2D eigenvalue weighted by Gasteiger charge is 2.14. The third-order valence-corrected chi connectivity index (χ3v) is 5.71. The zero-order valence-corrected chi connectivity index (χ0v) is 16.3. The van der Waals surface area contributed by atoms with Crippen molar-refractivity contribution in [3.8, 4) is 5.69 Å². The second kappa shape index (κ2) is 7.59. The van der Waals surface area contributed by atoms with Gasteiger partial charge >= 0.3 is 0 Å². The molecule has 0 atom stereocenters. The molecule has 1 aromatic heterocycles. The summed E-state index contributed by atoms with van der Waals surface area (Å²) >= 11 is 7.80. The van der Waals surface area contributed by atoms with Gasteiger partial charge in [0.15, 0.2) is 5.16 Å². The van der Waals surface area contributed by atoms with E-state index in [2.05, 4.69) is 0 Å². The molecule has 0 aliphatic heterocycles. The van der Waals surface area contributed by atoms with Gasteiger partial charge in [0, 0.05) is 10.8 Å². The Morgan fingerprint density at radius 3 is 2.44 bits per heavy atom. The van der Waals surface area contributed by atoms with Gasteiger partial charge in [-0.25, -0.2) is 4.98 Å². The molecule has 0 fully saturated rings. The van der Waals surface area contributed by atoms with Gasteiger partial charge in [-0.1, -0.05) is 71.4 Å². The van der Waals surface area contributed by atoms with Crippen LogP contribution in [0.25, 0.3) is 16.6 Å². The minimum atomic E-state index is -0.0638. The molecule has 134 valence electrons. The molecule has 0 saturated heterocycles. The van der Waals surface area contributed by atoms with Crippen molar-refractivity contribution in [3.05, 3.63) is 99.3 Å². The highest BCUT2D eigenvalue weighted by Crippen LogP contribution is 2.27. The fraction of sp³-hybridized carbons (Fsp3) is 0.0909. The number of para-hydroxylation sites is 1. The minimum absolute atomic E-state index is 0.0638. The first-order valence-electron chi connectivity index (χ1n) is 8.58. The Kier molecular flexibility index (Phi) is 5.01. The van der Waals surface area contributed by atoms with Crippen LogP contribution < -0.4 is 5.56 Å². The zero-order valence-electron chi connectivity index (χ0n) is 14.7. The highest BCUT2D eigenvalue weighted by atomic mass is 35.5. The number of nitrogens with zero attached hydrogens (tertiary/aromatic N) is 2. The van der Waals surface area contributed by atoms with Gasteiger partial charge in [0.1, 0.15) is 0 Å². The van der Waals surface area contributed by atoms with Gasteiger partial charge in [-0.3, -0.25) is 9.36 Å². The molecule has 3 aromatic carbocycles. The van der Waals surface area contributed by atoms with Crippen LogP contribution in [-0.4, -0.2) is 9.55 Å². The van der Waals surface area contributed by atoms with Gasteiger partial charge in [-0.2, -0.15) is 0 Å². The molecular weight excluding hydrogens is 376 g/mol. The van der Waals surface area contributed by atoms with E-state index in [-0.39, 0.29) is 5.56 Å². The molecule has 3 nitrogen and oxygen atoms in total. The first kappa shape index (κ1) is 17.8. The van der Waals surface area contributed by atoms with Crippen LogP contribution in [-0.2, 0) is 5.75 Å². The second-order valence-corrected chi connectivity index (χ2v) is 7.62. The van der Waals surface area contributed by atoms with Gasteiger partial charge < -0.3 is 0 Å². The maximum absolute atomic E-state index is 13.2. The number of halogens is 1. The standard InChI is InChI=1S/C22H17ClN2OS/c1-15-10-12-17(13-11-15)25-21(26)18-7-3-5-9-20(18)24-22(25)27-14-16-6-2-4-8-19(16)23/h2-13H,14H2,1H3. The van der Waals surface area contributed by atoms with Crippen molar-refractivity contribution < 1.29 is 0 Å². The number of aryl methyl sites for hydroxylation is 1. The van der Waals surface area contributed by atoms with Gasteiger partial charge in [-0.05, 0) is 42.8 Å². The van der Waals surface area contributed by atoms with Crippen LogP contribution in [0, 0.1) is 6.92 Å². The molecule has 5 heteroatoms. The normalized spacial score (nSPS) is 11.0. The summed E-state index contributed by atoms with van der Waals surface area (Å²) in [6, 6.07) is 23.1. The fourth-order valence-electron chi connectivity index (χ4n) is 2.89. The summed E-state index contributed by atoms with van der Waals surface area (Å²) in [5.74, 6) is 0.635. The average Bonchev–Trinajstić information content (AvgIpc) is 2.69. The maximum atomic E-state index is 13.2. The Hall–Kier alpha value is -2.56. The number of hydrogen-bond acceptors (Lipinski definition) is 3. The third kappa shape index (κ3) is 3.64. The van der Waals surface area contributed by atoms with E-state index >= 15 is 0 Å². The molecule has 0 bridgehead atoms. The Morgan fingerprint density at radius 1 is 0.963 bits per heavy atom. The van der Waals surface area contributed by atoms with Crippen molar-refractivity contribution in [2.45, 2.75) is 17.8 Å². The van der Waals surface area contributed by atoms with Crippen molar-refractivity contribution in [2.24, 2.45) is 0 Å². The first-order chi connectivity index (χ1) is 13.1. The van der Waals surface area contributed by atoms with Crippen LogP contribution in [0.5, 0.6) is 0 Å². The average molecular weight is 393 g/mol. The van der Waals surface area contributed by atoms with Gasteiger partial charge in [0.25, 0.3) is 5.56 Å². The van der Waals surface area contributed by atoms with E-state index in [0.717, 1.165) is 21.8 Å². The second-order valence-electron chi connectivity index (χ2n) is 6.27. The monoisotopic (exact) mass is 392 g/mol. The lowest BCUT2D eigenvalue weighted by Crippen LogP contribution is -2.21. The Bertz CT molecular complexity index is 1170. The van der Waals surface area contributed by atoms with Crippen molar-refractivity contribution in [1.82, 2.24) is 9.55 Å². The predicted molar refractivity (Wildman–Crippen MR) is 113 cm³/mol. The van der Waals surface area contributed by atoms with Gasteiger partial charge in [0.2, 0.25) is 0 Å². The molecule has 0 radical (unpaired) electrons. The van der Waals surface area contributed by atoms with E-state index in [1.165, 1.54) is 11.8 Å². The molecular formula is C22H17ClN2OS. The van der Waals surface area contributed by atoms with Crippen LogP contribution in [0.2, 0.25) is 5.02 Å². The summed E-state index contributed by atoms with van der Waals surface area (Å²) in [4.78, 5) is 18.0. The number of aromatic nitrogens is 2. The van der Waals surface area contributed by atoms with E-state index in [0.29, 0.717) is 21.8 Å². The van der Waals surface area contributed by atoms with Crippen molar-refractivity contribution >= 4 is 34.3 Å². The van der Waals surface area contributed by atoms with E-state index in [4.69, 9.17) is 16.6 Å². The Balaban J connectivity index is 1.84. The fourth-order valence-corrected chi connectivity index (χ4v) is 4.19. The lowest BCUT2D eigenvalue weighted by atomic mass is 10.2. The zero-order chi connectivity index (χ0) is 18.8. The predicted octanol–water partition coefficient (Wildman–Crippen LogP) is 5.64. The Morgan fingerprint density at radius 2 is 1.67 bits per heavy atom. The summed E-state index contributed by atoms with van der Waals surface area (Å²) in [6.45, 7) is 2.03. The molecule has 27 heavy (non-hydrogen) atoms. The summed E-state index contributed by atoms with van der Waals surface area (Å²) < 4.78 is 1.68. The van der Waals surface area contributed by atoms with Crippen LogP contribution in [0.1, 0.15) is 11.1 Å². The van der Waals surface area contributed by atoms with E-state index in [1.54, 1.807) is 4.57 Å². The molecule has 4 rings (SSSR count). The smallest absolute Gasteiger partial charge is 0.266 e. The first-order valence-corrected chi connectivity index (χ1v) is 9.95. The molecule has 0 unspecified atom stereocenters. The van der Waals surface area contributed by atoms with Crippen LogP contribution in [0.3, 0.4) is 0 Å². The van der Waals surface area contributed by atoms with Gasteiger partial charge in [0.05, 0.1) is 16.6 Å². The summed E-state index contributed by atoms with van der Waals surface area (Å²) in [6.07, 6.45) is 0. The number of hydrogen-bond donors (Lipinski definition) is 0. The quantitative estimate of drug-likeness (QED) is 0.333. The summed E-state index contributed by atoms with van der Waals surface area (Å²) in [7, 11) is 0. The third-order valence-electron chi connectivity index (χ3n) is 4.35. The maximum Gasteiger partial charge on any atom is 0.266 e. The van der Waals surface area contributed by atoms with E-state index in [9.17, 15) is 4.79 Å². The van der Waals surface area contributed by atoms with E-state index < -0.39 is 0 Å². The number of rotatable bonds is 4. The Labute approximate surface area is 166 Å². The van der Waals surface area contributed by atoms with Crippen LogP contribution >= 0.6 is 23.4 Å². The minimum Gasteiger partial charge on any atom is -0.268 e. The molecule has 1 heterocycles. The molecule has 4 aromatic rings. The molecule has 0 N–H and O–H groups in total. The molecule has 0 aliphatic rings. The molecule has 0 spiro atoms. The summed E-state index contributed by atoms with van der Waals surface area (Å²) in [5.41, 5.74) is 3.61. The van der Waals surface area contributed by atoms with Gasteiger partial charge in [-0.15, -0.1) is 0 Å². The van der Waals surface area contributed by atoms with Crippen LogP contribution in [0.15, 0.2) is 82.7 Å². The lowest BCUT2D eigenvalue weighted by molar-refractivity contribution is 0.819.